The maximum absolute atomic E-state index is 12.0. The Labute approximate surface area is 109 Å². The van der Waals surface area contributed by atoms with Crippen molar-refractivity contribution in [3.8, 4) is 0 Å². The third kappa shape index (κ3) is 2.95. The van der Waals surface area contributed by atoms with E-state index in [9.17, 15) is 4.79 Å². The Morgan fingerprint density at radius 2 is 1.94 bits per heavy atom. The van der Waals surface area contributed by atoms with Crippen LogP contribution in [0.1, 0.15) is 40.0 Å². The van der Waals surface area contributed by atoms with Crippen LogP contribution < -0.4 is 0 Å². The fraction of sp³-hybridized carbons (Fsp3) is 0.667. The Balaban J connectivity index is 2.02. The molecular weight excluding hydrogens is 226 g/mol. The van der Waals surface area contributed by atoms with E-state index in [-0.39, 0.29) is 12.2 Å². The lowest BCUT2D eigenvalue weighted by atomic mass is 9.75. The van der Waals surface area contributed by atoms with Gasteiger partial charge in [-0.05, 0) is 42.7 Å². The van der Waals surface area contributed by atoms with E-state index < -0.39 is 0 Å². The van der Waals surface area contributed by atoms with Gasteiger partial charge in [-0.3, -0.25) is 4.57 Å². The van der Waals surface area contributed by atoms with Gasteiger partial charge in [-0.2, -0.15) is 0 Å². The van der Waals surface area contributed by atoms with Crippen molar-refractivity contribution in [1.29, 1.82) is 0 Å². The highest BCUT2D eigenvalue weighted by atomic mass is 16.6. The summed E-state index contributed by atoms with van der Waals surface area (Å²) in [6.07, 6.45) is 6.71. The Kier molecular flexibility index (Phi) is 4.10. The number of nitrogens with zero attached hydrogens (tertiary/aromatic N) is 1. The van der Waals surface area contributed by atoms with Crippen LogP contribution in [-0.4, -0.2) is 16.8 Å². The van der Waals surface area contributed by atoms with E-state index in [1.165, 1.54) is 17.4 Å². The van der Waals surface area contributed by atoms with Gasteiger partial charge in [0.25, 0.3) is 0 Å². The molecule has 3 unspecified atom stereocenters. The second kappa shape index (κ2) is 5.59. The van der Waals surface area contributed by atoms with E-state index >= 15 is 0 Å². The van der Waals surface area contributed by atoms with Crippen LogP contribution in [0.3, 0.4) is 0 Å². The maximum atomic E-state index is 12.0. The molecule has 0 aromatic carbocycles. The Hall–Kier alpha value is -1.25. The minimum Gasteiger partial charge on any atom is -0.445 e. The first-order chi connectivity index (χ1) is 8.58. The summed E-state index contributed by atoms with van der Waals surface area (Å²) in [6.45, 7) is 6.68. The van der Waals surface area contributed by atoms with Crippen molar-refractivity contribution in [3.05, 3.63) is 24.5 Å². The SMILES string of the molecule is CC1CCC(C(C)C)C(OC(=O)n2cccc2)C1. The first kappa shape index (κ1) is 13.2. The van der Waals surface area contributed by atoms with Crippen LogP contribution >= 0.6 is 0 Å². The van der Waals surface area contributed by atoms with Gasteiger partial charge in [0, 0.05) is 12.4 Å². The number of hydrogen-bond donors (Lipinski definition) is 0. The van der Waals surface area contributed by atoms with Gasteiger partial charge in [-0.25, -0.2) is 4.79 Å². The summed E-state index contributed by atoms with van der Waals surface area (Å²) in [7, 11) is 0. The van der Waals surface area contributed by atoms with Crippen molar-refractivity contribution in [1.82, 2.24) is 4.57 Å². The molecule has 0 saturated heterocycles. The normalized spacial score (nSPS) is 28.3. The number of carbonyl (C=O) groups is 1. The molecule has 3 atom stereocenters. The highest BCUT2D eigenvalue weighted by molar-refractivity contribution is 5.70. The van der Waals surface area contributed by atoms with Crippen LogP contribution in [0.4, 0.5) is 4.79 Å². The van der Waals surface area contributed by atoms with Crippen molar-refractivity contribution in [2.24, 2.45) is 17.8 Å². The summed E-state index contributed by atoms with van der Waals surface area (Å²) in [6, 6.07) is 3.68. The fourth-order valence-corrected chi connectivity index (χ4v) is 2.90. The van der Waals surface area contributed by atoms with Crippen molar-refractivity contribution >= 4 is 6.09 Å². The monoisotopic (exact) mass is 249 g/mol. The smallest absolute Gasteiger partial charge is 0.418 e. The highest BCUT2D eigenvalue weighted by Crippen LogP contribution is 2.35. The molecule has 2 rings (SSSR count). The zero-order valence-electron chi connectivity index (χ0n) is 11.5. The maximum Gasteiger partial charge on any atom is 0.418 e. The molecule has 3 heteroatoms. The molecule has 0 aliphatic heterocycles. The van der Waals surface area contributed by atoms with E-state index in [0.29, 0.717) is 17.8 Å². The Morgan fingerprint density at radius 1 is 1.28 bits per heavy atom. The molecule has 0 amide bonds. The Bertz CT molecular complexity index is 383. The minimum atomic E-state index is -0.246. The van der Waals surface area contributed by atoms with E-state index in [4.69, 9.17) is 4.74 Å². The standard InChI is InChI=1S/C15H23NO2/c1-11(2)13-7-6-12(3)10-14(13)18-15(17)16-8-4-5-9-16/h4-5,8-9,11-14H,6-7,10H2,1-3H3. The van der Waals surface area contributed by atoms with Crippen molar-refractivity contribution < 1.29 is 9.53 Å². The molecule has 18 heavy (non-hydrogen) atoms. The molecule has 1 heterocycles. The predicted octanol–water partition coefficient (Wildman–Crippen LogP) is 3.93. The quantitative estimate of drug-likeness (QED) is 0.795. The molecule has 100 valence electrons. The van der Waals surface area contributed by atoms with Gasteiger partial charge < -0.3 is 4.74 Å². The van der Waals surface area contributed by atoms with Gasteiger partial charge in [0.05, 0.1) is 0 Å². The summed E-state index contributed by atoms with van der Waals surface area (Å²) < 4.78 is 7.21. The van der Waals surface area contributed by atoms with Crippen LogP contribution in [0.25, 0.3) is 0 Å². The molecule has 3 nitrogen and oxygen atoms in total. The number of rotatable bonds is 2. The van der Waals surface area contributed by atoms with Gasteiger partial charge in [-0.1, -0.05) is 27.2 Å². The summed E-state index contributed by atoms with van der Waals surface area (Å²) in [5.74, 6) is 1.73. The van der Waals surface area contributed by atoms with Crippen LogP contribution in [0.2, 0.25) is 0 Å². The molecule has 0 spiro atoms. The zero-order chi connectivity index (χ0) is 13.1. The molecule has 0 radical (unpaired) electrons. The fourth-order valence-electron chi connectivity index (χ4n) is 2.90. The average molecular weight is 249 g/mol. The second-order valence-electron chi connectivity index (χ2n) is 5.84. The van der Waals surface area contributed by atoms with E-state index in [1.54, 1.807) is 12.4 Å². The molecular formula is C15H23NO2. The number of ether oxygens (including phenoxy) is 1. The van der Waals surface area contributed by atoms with E-state index in [0.717, 1.165) is 6.42 Å². The summed E-state index contributed by atoms with van der Waals surface area (Å²) in [5, 5.41) is 0. The lowest BCUT2D eigenvalue weighted by Crippen LogP contribution is -2.36. The van der Waals surface area contributed by atoms with Gasteiger partial charge in [0.2, 0.25) is 0 Å². The molecule has 1 fully saturated rings. The first-order valence-corrected chi connectivity index (χ1v) is 6.92. The third-order valence-corrected chi connectivity index (χ3v) is 4.03. The summed E-state index contributed by atoms with van der Waals surface area (Å²) in [5.41, 5.74) is 0. The van der Waals surface area contributed by atoms with Gasteiger partial charge in [0.1, 0.15) is 6.10 Å². The minimum absolute atomic E-state index is 0.0728. The summed E-state index contributed by atoms with van der Waals surface area (Å²) >= 11 is 0. The number of aromatic nitrogens is 1. The van der Waals surface area contributed by atoms with E-state index in [2.05, 4.69) is 20.8 Å². The van der Waals surface area contributed by atoms with Crippen LogP contribution in [0.5, 0.6) is 0 Å². The van der Waals surface area contributed by atoms with Crippen molar-refractivity contribution in [2.75, 3.05) is 0 Å². The van der Waals surface area contributed by atoms with Crippen molar-refractivity contribution in [3.63, 3.8) is 0 Å². The zero-order valence-corrected chi connectivity index (χ0v) is 11.5. The van der Waals surface area contributed by atoms with Crippen LogP contribution in [-0.2, 0) is 4.74 Å². The van der Waals surface area contributed by atoms with Gasteiger partial charge >= 0.3 is 6.09 Å². The molecule has 1 aromatic rings. The lowest BCUT2D eigenvalue weighted by molar-refractivity contribution is 0.00678. The first-order valence-electron chi connectivity index (χ1n) is 6.92. The second-order valence-corrected chi connectivity index (χ2v) is 5.84. The molecule has 1 aromatic heterocycles. The molecule has 1 saturated carbocycles. The Morgan fingerprint density at radius 3 is 2.56 bits per heavy atom. The topological polar surface area (TPSA) is 31.2 Å². The highest BCUT2D eigenvalue weighted by Gasteiger charge is 2.33. The van der Waals surface area contributed by atoms with Crippen molar-refractivity contribution in [2.45, 2.75) is 46.1 Å². The van der Waals surface area contributed by atoms with Crippen LogP contribution in [0, 0.1) is 17.8 Å². The summed E-state index contributed by atoms with van der Waals surface area (Å²) in [4.78, 5) is 12.0. The molecule has 0 bridgehead atoms. The molecule has 1 aliphatic rings. The van der Waals surface area contributed by atoms with Gasteiger partial charge in [-0.15, -0.1) is 0 Å². The molecule has 1 aliphatic carbocycles. The molecule has 0 N–H and O–H groups in total. The average Bonchev–Trinajstić information content (AvgIpc) is 2.81. The number of hydrogen-bond acceptors (Lipinski definition) is 2. The largest absolute Gasteiger partial charge is 0.445 e. The lowest BCUT2D eigenvalue weighted by Gasteiger charge is -2.36. The number of carbonyl (C=O) groups excluding carboxylic acids is 1. The third-order valence-electron chi connectivity index (χ3n) is 4.03. The van der Waals surface area contributed by atoms with Crippen LogP contribution in [0.15, 0.2) is 24.5 Å². The van der Waals surface area contributed by atoms with E-state index in [1.807, 2.05) is 12.1 Å². The predicted molar refractivity (Wildman–Crippen MR) is 71.4 cm³/mol. The van der Waals surface area contributed by atoms with Gasteiger partial charge in [0.15, 0.2) is 0 Å².